The first-order chi connectivity index (χ1) is 13.6. The minimum Gasteiger partial charge on any atom is -0.550 e. The molecule has 0 aliphatic carbocycles. The number of nitrogens with one attached hydrogen (secondary N) is 1. The van der Waals surface area contributed by atoms with Gasteiger partial charge < -0.3 is 40.1 Å². The van der Waals surface area contributed by atoms with Crippen LogP contribution in [0.3, 0.4) is 0 Å². The van der Waals surface area contributed by atoms with Crippen LogP contribution in [-0.4, -0.2) is 62.4 Å². The van der Waals surface area contributed by atoms with Gasteiger partial charge in [0.1, 0.15) is 11.9 Å². The topological polar surface area (TPSA) is 226 Å². The van der Waals surface area contributed by atoms with E-state index in [1.54, 1.807) is 0 Å². The van der Waals surface area contributed by atoms with Crippen LogP contribution in [0.2, 0.25) is 0 Å². The van der Waals surface area contributed by atoms with Gasteiger partial charge in [0.05, 0.1) is 18.6 Å². The molecule has 17 heteroatoms. The summed E-state index contributed by atoms with van der Waals surface area (Å²) >= 11 is 0. The van der Waals surface area contributed by atoms with E-state index >= 15 is 0 Å². The number of nitrogens with zero attached hydrogens (tertiary/aromatic N) is 5. The molecule has 1 aliphatic heterocycles. The Morgan fingerprint density at radius 3 is 2.61 bits per heavy atom. The Balaban J connectivity index is 0.00000450. The van der Waals surface area contributed by atoms with E-state index in [1.807, 2.05) is 0 Å². The van der Waals surface area contributed by atoms with E-state index in [0.29, 0.717) is 4.57 Å². The molecule has 0 spiro atoms. The van der Waals surface area contributed by atoms with E-state index in [4.69, 9.17) is 10.3 Å². The van der Waals surface area contributed by atoms with E-state index in [-0.39, 0.29) is 109 Å². The van der Waals surface area contributed by atoms with Crippen LogP contribution < -0.4 is 124 Å². The number of hydrogen-bond acceptors (Lipinski definition) is 11. The number of rotatable bonds is 9. The third-order valence-corrected chi connectivity index (χ3v) is 4.15. The van der Waals surface area contributed by atoms with Crippen LogP contribution in [0, 0.1) is 0 Å². The quantitative estimate of drug-likeness (QED) is 0.128. The summed E-state index contributed by atoms with van der Waals surface area (Å²) in [5.74, 6) is -3.42. The van der Waals surface area contributed by atoms with Crippen molar-refractivity contribution in [1.29, 1.82) is 0 Å². The fraction of sp³-hybridized carbons (Fsp3) is 0.571. The number of azide groups is 1. The first-order valence-electron chi connectivity index (χ1n) is 8.08. The molecule has 0 amide bonds. The average Bonchev–Trinajstić information content (AvgIpc) is 2.90. The summed E-state index contributed by atoms with van der Waals surface area (Å²) in [5, 5.41) is 46.1. The molecule has 3 N–H and O–H groups in total. The Hall–Kier alpha value is 0.0127. The maximum absolute atomic E-state index is 14.4. The minimum atomic E-state index is -2.35. The number of aliphatic hydroxyl groups is 2. The van der Waals surface area contributed by atoms with Crippen molar-refractivity contribution in [3.8, 4) is 0 Å². The second-order valence-electron chi connectivity index (χ2n) is 6.02. The van der Waals surface area contributed by atoms with Crippen LogP contribution >= 0.6 is 0 Å². The number of carbonyl (C=O) groups is 2. The molecular formula is C14H15FK2N6O8. The van der Waals surface area contributed by atoms with Gasteiger partial charge >= 0.3 is 108 Å². The fourth-order valence-electron chi connectivity index (χ4n) is 2.66. The monoisotopic (exact) mass is 492 g/mol. The van der Waals surface area contributed by atoms with Crippen molar-refractivity contribution in [1.82, 2.24) is 9.55 Å². The third kappa shape index (κ3) is 7.51. The molecule has 1 fully saturated rings. The Bertz CT molecular complexity index is 900. The number of aromatic nitrogens is 2. The molecule has 1 aromatic rings. The molecule has 5 atom stereocenters. The number of halogens is 1. The number of carboxylic acid groups (broad SMARTS) is 2. The van der Waals surface area contributed by atoms with E-state index in [2.05, 4.69) is 20.3 Å². The summed E-state index contributed by atoms with van der Waals surface area (Å²) in [6.07, 6.45) is -6.20. The molecule has 2 rings (SSSR count). The fourth-order valence-corrected chi connectivity index (χ4v) is 2.66. The molecule has 0 radical (unpaired) electrons. The summed E-state index contributed by atoms with van der Waals surface area (Å²) in [5.41, 5.74) is 5.05. The number of hydrogen-bond donors (Lipinski definition) is 3. The molecule has 1 unspecified atom stereocenters. The van der Waals surface area contributed by atoms with Gasteiger partial charge in [-0.3, -0.25) is 4.57 Å². The Morgan fingerprint density at radius 2 is 2.13 bits per heavy atom. The Kier molecular flexibility index (Phi) is 13.7. The van der Waals surface area contributed by atoms with E-state index in [0.717, 1.165) is 12.3 Å². The van der Waals surface area contributed by atoms with E-state index < -0.39 is 67.3 Å². The summed E-state index contributed by atoms with van der Waals surface area (Å²) in [6, 6.07) is -0.438. The summed E-state index contributed by atoms with van der Waals surface area (Å²) in [4.78, 5) is 39.6. The van der Waals surface area contributed by atoms with Crippen LogP contribution in [0.25, 0.3) is 10.4 Å². The van der Waals surface area contributed by atoms with Gasteiger partial charge in [-0.15, -0.1) is 0 Å². The maximum Gasteiger partial charge on any atom is 1.00 e. The first-order valence-corrected chi connectivity index (χ1v) is 8.08. The molecule has 31 heavy (non-hydrogen) atoms. The van der Waals surface area contributed by atoms with Gasteiger partial charge in [-0.25, -0.2) is 9.18 Å². The number of aliphatic carboxylic acids is 2. The summed E-state index contributed by atoms with van der Waals surface area (Å²) in [7, 11) is 0. The molecular weight excluding hydrogens is 477 g/mol. The van der Waals surface area contributed by atoms with Crippen molar-refractivity contribution in [2.24, 2.45) is 5.11 Å². The summed E-state index contributed by atoms with van der Waals surface area (Å²) < 4.78 is 20.1. The molecule has 1 aliphatic rings. The minimum absolute atomic E-state index is 0. The molecule has 0 saturated carbocycles. The average molecular weight is 493 g/mol. The van der Waals surface area contributed by atoms with Crippen molar-refractivity contribution in [3.05, 3.63) is 33.2 Å². The zero-order chi connectivity index (χ0) is 21.8. The van der Waals surface area contributed by atoms with E-state index in [9.17, 15) is 39.2 Å². The van der Waals surface area contributed by atoms with Crippen molar-refractivity contribution < 1.29 is 142 Å². The van der Waals surface area contributed by atoms with Crippen LogP contribution in [-0.2, 0) is 14.3 Å². The van der Waals surface area contributed by atoms with Crippen molar-refractivity contribution >= 4 is 17.8 Å². The molecule has 2 heterocycles. The van der Waals surface area contributed by atoms with Crippen LogP contribution in [0.5, 0.6) is 0 Å². The van der Waals surface area contributed by atoms with Crippen molar-refractivity contribution in [2.75, 3.05) is 11.9 Å². The van der Waals surface area contributed by atoms with Crippen LogP contribution in [0.15, 0.2) is 22.2 Å². The predicted molar refractivity (Wildman–Crippen MR) is 85.1 cm³/mol. The van der Waals surface area contributed by atoms with Gasteiger partial charge in [-0.1, -0.05) is 5.11 Å². The van der Waals surface area contributed by atoms with E-state index in [1.165, 1.54) is 0 Å². The number of carbonyl (C=O) groups excluding carboxylic acids is 2. The van der Waals surface area contributed by atoms with Gasteiger partial charge in [-0.2, -0.15) is 4.98 Å². The SMILES string of the molecule is [K+].[K+].[N-]=[N+]=NC1(CO)O[C@@H](n2ccc(N[C@@H](CCC(=O)[O-])C(=O)[O-])nc2=O)[C@@H](F)[C@@H]1O. The maximum atomic E-state index is 14.4. The zero-order valence-corrected chi connectivity index (χ0v) is 22.8. The molecule has 0 bridgehead atoms. The van der Waals surface area contributed by atoms with Gasteiger partial charge in [0, 0.05) is 17.1 Å². The van der Waals surface area contributed by atoms with Crippen LogP contribution in [0.1, 0.15) is 19.1 Å². The molecule has 1 saturated heterocycles. The summed E-state index contributed by atoms with van der Waals surface area (Å²) in [6.45, 7) is -1.07. The first kappa shape index (κ1) is 31.0. The number of aliphatic hydroxyl groups excluding tert-OH is 2. The number of carboxylic acids is 2. The third-order valence-electron chi connectivity index (χ3n) is 4.15. The number of ether oxygens (including phenoxy) is 1. The Labute approximate surface area is 258 Å². The zero-order valence-electron chi connectivity index (χ0n) is 16.5. The largest absolute Gasteiger partial charge is 1.00 e. The van der Waals surface area contributed by atoms with Gasteiger partial charge in [-0.05, 0) is 24.4 Å². The second kappa shape index (κ2) is 13.7. The Morgan fingerprint density at radius 1 is 1.48 bits per heavy atom. The molecule has 14 nitrogen and oxygen atoms in total. The van der Waals surface area contributed by atoms with Gasteiger partial charge in [0.2, 0.25) is 5.72 Å². The normalized spacial score (nSPS) is 25.3. The van der Waals surface area contributed by atoms with Gasteiger partial charge in [0.15, 0.2) is 12.4 Å². The van der Waals surface area contributed by atoms with Gasteiger partial charge in [0.25, 0.3) is 0 Å². The number of alkyl halides is 1. The standard InChI is InChI=1S/C14H17FN6O8.2K/c15-9-10(25)14(5-22,19-20-16)29-11(9)21-4-3-7(18-13(21)28)17-6(12(26)27)1-2-8(23)24;;/h3-4,6,9-11,22,25H,1-2,5H2,(H,23,24)(H,26,27)(H,17,18,28);;/q;2*+1/p-2/t6-,9-,10-,11+,14?;;/m0../s1. The second-order valence-corrected chi connectivity index (χ2v) is 6.02. The number of anilines is 1. The molecule has 158 valence electrons. The smallest absolute Gasteiger partial charge is 0.550 e. The van der Waals surface area contributed by atoms with Crippen molar-refractivity contribution in [2.45, 2.75) is 43.1 Å². The predicted octanol–water partition coefficient (Wildman–Crippen LogP) is -9.46. The van der Waals surface area contributed by atoms with Crippen LogP contribution in [0.4, 0.5) is 10.2 Å². The molecule has 1 aromatic heterocycles. The molecule has 0 aromatic carbocycles. The van der Waals surface area contributed by atoms with Crippen molar-refractivity contribution in [3.63, 3.8) is 0 Å².